The molecule has 0 saturated carbocycles. The third-order valence-corrected chi connectivity index (χ3v) is 4.18. The van der Waals surface area contributed by atoms with E-state index in [9.17, 15) is 9.59 Å². The van der Waals surface area contributed by atoms with Crippen LogP contribution in [0.4, 0.5) is 5.69 Å². The lowest BCUT2D eigenvalue weighted by molar-refractivity contribution is 0.101. The van der Waals surface area contributed by atoms with E-state index in [1.165, 1.54) is 18.3 Å². The third kappa shape index (κ3) is 4.99. The highest BCUT2D eigenvalue weighted by Gasteiger charge is 2.16. The van der Waals surface area contributed by atoms with Crippen LogP contribution in [0, 0.1) is 20.8 Å². The number of aliphatic hydroxyl groups is 1. The number of carbonyl (C=O) groups excluding carboxylic acids is 2. The second kappa shape index (κ2) is 9.19. The van der Waals surface area contributed by atoms with Gasteiger partial charge in [-0.2, -0.15) is 0 Å². The number of rotatable bonds is 3. The quantitative estimate of drug-likeness (QED) is 0.843. The van der Waals surface area contributed by atoms with Gasteiger partial charge < -0.3 is 15.9 Å². The van der Waals surface area contributed by atoms with Crippen molar-refractivity contribution in [2.45, 2.75) is 27.7 Å². The van der Waals surface area contributed by atoms with Gasteiger partial charge in [-0.25, -0.2) is 0 Å². The number of nitrogens with one attached hydrogen (secondary N) is 1. The summed E-state index contributed by atoms with van der Waals surface area (Å²) in [6, 6.07) is 5.68. The van der Waals surface area contributed by atoms with E-state index in [2.05, 4.69) is 5.32 Å². The van der Waals surface area contributed by atoms with E-state index in [-0.39, 0.29) is 17.2 Å². The topological polar surface area (TPSA) is 97.9 Å². The summed E-state index contributed by atoms with van der Waals surface area (Å²) in [4.78, 5) is 24.7. The number of anilines is 1. The molecular formula is C17H23NO4S. The number of ketones is 1. The van der Waals surface area contributed by atoms with E-state index < -0.39 is 0 Å². The van der Waals surface area contributed by atoms with Gasteiger partial charge in [0.15, 0.2) is 5.78 Å². The summed E-state index contributed by atoms with van der Waals surface area (Å²) < 4.78 is 0. The smallest absolute Gasteiger partial charge is 0.266 e. The molecule has 4 N–H and O–H groups in total. The predicted octanol–water partition coefficient (Wildman–Crippen LogP) is 2.91. The van der Waals surface area contributed by atoms with Crippen LogP contribution in [0.3, 0.4) is 0 Å². The number of carbonyl (C=O) groups is 2. The highest BCUT2D eigenvalue weighted by atomic mass is 32.1. The van der Waals surface area contributed by atoms with Gasteiger partial charge >= 0.3 is 0 Å². The SMILES string of the molecule is CC(=O)c1cc(C)cc(C)c1NC(=O)c1sccc1C.CO.O. The fraction of sp³-hybridized carbons (Fsp3) is 0.294. The molecule has 5 nitrogen and oxygen atoms in total. The summed E-state index contributed by atoms with van der Waals surface area (Å²) in [5.41, 5.74) is 4.03. The Hall–Kier alpha value is -2.02. The van der Waals surface area contributed by atoms with Crippen LogP contribution >= 0.6 is 11.3 Å². The molecule has 0 saturated heterocycles. The minimum atomic E-state index is -0.160. The number of Topliss-reactive ketones (excluding diaryl/α,β-unsaturated/α-hetero) is 1. The average Bonchev–Trinajstić information content (AvgIpc) is 2.89. The molecule has 0 aliphatic rings. The molecule has 126 valence electrons. The Bertz CT molecular complexity index is 692. The van der Waals surface area contributed by atoms with Crippen molar-refractivity contribution in [3.05, 3.63) is 50.7 Å². The molecule has 0 fully saturated rings. The number of benzene rings is 1. The molecule has 0 atom stereocenters. The van der Waals surface area contributed by atoms with Gasteiger partial charge in [0.05, 0.1) is 10.6 Å². The number of hydrogen-bond acceptors (Lipinski definition) is 4. The van der Waals surface area contributed by atoms with E-state index in [1.807, 2.05) is 44.4 Å². The monoisotopic (exact) mass is 337 g/mol. The van der Waals surface area contributed by atoms with Gasteiger partial charge in [0.25, 0.3) is 5.91 Å². The Morgan fingerprint density at radius 2 is 1.70 bits per heavy atom. The van der Waals surface area contributed by atoms with Gasteiger partial charge in [0, 0.05) is 12.7 Å². The molecule has 0 aliphatic carbocycles. The van der Waals surface area contributed by atoms with Gasteiger partial charge in [-0.05, 0) is 61.9 Å². The van der Waals surface area contributed by atoms with Crippen molar-refractivity contribution in [1.82, 2.24) is 0 Å². The number of aliphatic hydroxyl groups excluding tert-OH is 1. The maximum atomic E-state index is 12.3. The molecule has 2 aromatic rings. The molecule has 6 heteroatoms. The summed E-state index contributed by atoms with van der Waals surface area (Å²) in [6.07, 6.45) is 0. The van der Waals surface area contributed by atoms with Gasteiger partial charge in [0.2, 0.25) is 0 Å². The van der Waals surface area contributed by atoms with E-state index >= 15 is 0 Å². The summed E-state index contributed by atoms with van der Waals surface area (Å²) >= 11 is 1.40. The number of hydrogen-bond donors (Lipinski definition) is 2. The first-order valence-electron chi connectivity index (χ1n) is 6.82. The lowest BCUT2D eigenvalue weighted by atomic mass is 10.0. The molecule has 1 amide bonds. The fourth-order valence-corrected chi connectivity index (χ4v) is 3.01. The largest absolute Gasteiger partial charge is 0.412 e. The molecule has 23 heavy (non-hydrogen) atoms. The summed E-state index contributed by atoms with van der Waals surface area (Å²) in [5, 5.41) is 11.8. The minimum absolute atomic E-state index is 0. The van der Waals surface area contributed by atoms with E-state index in [4.69, 9.17) is 5.11 Å². The first kappa shape index (κ1) is 21.0. The molecule has 1 aromatic heterocycles. The lowest BCUT2D eigenvalue weighted by Crippen LogP contribution is -2.15. The number of thiophene rings is 1. The summed E-state index contributed by atoms with van der Waals surface area (Å²) in [7, 11) is 1.00. The zero-order chi connectivity index (χ0) is 16.9. The van der Waals surface area contributed by atoms with Gasteiger partial charge in [-0.3, -0.25) is 9.59 Å². The van der Waals surface area contributed by atoms with Crippen molar-refractivity contribution in [2.24, 2.45) is 0 Å². The molecule has 0 aliphatic heterocycles. The van der Waals surface area contributed by atoms with Crippen LogP contribution in [0.2, 0.25) is 0 Å². The maximum Gasteiger partial charge on any atom is 0.266 e. The van der Waals surface area contributed by atoms with Crippen LogP contribution < -0.4 is 5.32 Å². The van der Waals surface area contributed by atoms with Crippen LogP contribution in [0.25, 0.3) is 0 Å². The van der Waals surface area contributed by atoms with Crippen molar-refractivity contribution in [3.8, 4) is 0 Å². The molecule has 2 rings (SSSR count). The first-order valence-corrected chi connectivity index (χ1v) is 7.70. The molecule has 0 radical (unpaired) electrons. The Kier molecular flexibility index (Phi) is 8.39. The average molecular weight is 337 g/mol. The zero-order valence-corrected chi connectivity index (χ0v) is 14.8. The normalized spacial score (nSPS) is 9.30. The molecule has 0 spiro atoms. The molecule has 0 bridgehead atoms. The van der Waals surface area contributed by atoms with E-state index in [0.717, 1.165) is 23.8 Å². The first-order chi connectivity index (χ1) is 10.4. The van der Waals surface area contributed by atoms with Crippen molar-refractivity contribution in [1.29, 1.82) is 0 Å². The standard InChI is InChI=1S/C16H17NO2S.CH4O.H2O/c1-9-7-11(3)14(13(8-9)12(4)18)17-16(19)15-10(2)5-6-20-15;1-2;/h5-8H,1-4H3,(H,17,19);2H,1H3;1H2. The van der Waals surface area contributed by atoms with Crippen LogP contribution in [0.5, 0.6) is 0 Å². The van der Waals surface area contributed by atoms with Crippen molar-refractivity contribution in [3.63, 3.8) is 0 Å². The van der Waals surface area contributed by atoms with Crippen molar-refractivity contribution < 1.29 is 20.2 Å². The summed E-state index contributed by atoms with van der Waals surface area (Å²) in [6.45, 7) is 7.25. The Balaban J connectivity index is 0.00000155. The van der Waals surface area contributed by atoms with Crippen LogP contribution in [-0.2, 0) is 0 Å². The molecule has 1 heterocycles. The zero-order valence-electron chi connectivity index (χ0n) is 14.0. The van der Waals surface area contributed by atoms with Crippen LogP contribution in [0.1, 0.15) is 43.6 Å². The lowest BCUT2D eigenvalue weighted by Gasteiger charge is -2.13. The molecule has 0 unspecified atom stereocenters. The highest BCUT2D eigenvalue weighted by molar-refractivity contribution is 7.12. The second-order valence-electron chi connectivity index (χ2n) is 4.95. The highest BCUT2D eigenvalue weighted by Crippen LogP contribution is 2.25. The number of amides is 1. The van der Waals surface area contributed by atoms with E-state index in [0.29, 0.717) is 16.1 Å². The van der Waals surface area contributed by atoms with Crippen molar-refractivity contribution >= 4 is 28.7 Å². The molecule has 1 aromatic carbocycles. The van der Waals surface area contributed by atoms with E-state index in [1.54, 1.807) is 0 Å². The number of aryl methyl sites for hydroxylation is 3. The summed E-state index contributed by atoms with van der Waals surface area (Å²) in [5.74, 6) is -0.207. The van der Waals surface area contributed by atoms with Gasteiger partial charge in [-0.15, -0.1) is 11.3 Å². The Labute approximate surface area is 140 Å². The van der Waals surface area contributed by atoms with Gasteiger partial charge in [0.1, 0.15) is 0 Å². The minimum Gasteiger partial charge on any atom is -0.412 e. The van der Waals surface area contributed by atoms with Crippen molar-refractivity contribution in [2.75, 3.05) is 12.4 Å². The Morgan fingerprint density at radius 3 is 2.17 bits per heavy atom. The third-order valence-electron chi connectivity index (χ3n) is 3.17. The molecular weight excluding hydrogens is 314 g/mol. The Morgan fingerprint density at radius 1 is 1.09 bits per heavy atom. The van der Waals surface area contributed by atoms with Crippen LogP contribution in [-0.4, -0.2) is 29.4 Å². The fourth-order valence-electron chi connectivity index (χ4n) is 2.19. The van der Waals surface area contributed by atoms with Crippen LogP contribution in [0.15, 0.2) is 23.6 Å². The predicted molar refractivity (Wildman–Crippen MR) is 94.7 cm³/mol. The van der Waals surface area contributed by atoms with Gasteiger partial charge in [-0.1, -0.05) is 6.07 Å². The second-order valence-corrected chi connectivity index (χ2v) is 5.86. The maximum absolute atomic E-state index is 12.3.